The molecular weight excluding hydrogens is 342 g/mol. The molecule has 5 heteroatoms. The van der Waals surface area contributed by atoms with E-state index in [1.165, 1.54) is 0 Å². The van der Waals surface area contributed by atoms with Crippen molar-refractivity contribution in [3.63, 3.8) is 0 Å². The van der Waals surface area contributed by atoms with Crippen LogP contribution < -0.4 is 4.74 Å². The number of carbonyl (C=O) groups excluding carboxylic acids is 1. The minimum absolute atomic E-state index is 0.0428. The predicted molar refractivity (Wildman–Crippen MR) is 102 cm³/mol. The number of para-hydroxylation sites is 1. The predicted octanol–water partition coefficient (Wildman–Crippen LogP) is 4.16. The van der Waals surface area contributed by atoms with Gasteiger partial charge in [-0.2, -0.15) is 0 Å². The number of phenols is 1. The van der Waals surface area contributed by atoms with Crippen LogP contribution in [0.25, 0.3) is 0 Å². The van der Waals surface area contributed by atoms with Gasteiger partial charge in [-0.25, -0.2) is 0 Å². The van der Waals surface area contributed by atoms with Crippen molar-refractivity contribution in [1.82, 2.24) is 4.90 Å². The number of ether oxygens (including phenoxy) is 1. The molecule has 1 amide bonds. The zero-order valence-corrected chi connectivity index (χ0v) is 15.3. The molecule has 0 saturated heterocycles. The summed E-state index contributed by atoms with van der Waals surface area (Å²) in [5.41, 5.74) is 1.61. The third kappa shape index (κ3) is 5.14. The van der Waals surface area contributed by atoms with Gasteiger partial charge in [0, 0.05) is 12.1 Å². The molecular formula is C22H23NO4. The van der Waals surface area contributed by atoms with Crippen molar-refractivity contribution in [3.05, 3.63) is 83.8 Å². The monoisotopic (exact) mass is 365 g/mol. The first kappa shape index (κ1) is 18.6. The number of carbonyl (C=O) groups is 1. The van der Waals surface area contributed by atoms with Crippen LogP contribution in [0.2, 0.25) is 0 Å². The van der Waals surface area contributed by atoms with Crippen LogP contribution in [0.1, 0.15) is 23.8 Å². The fourth-order valence-corrected chi connectivity index (χ4v) is 2.83. The van der Waals surface area contributed by atoms with Gasteiger partial charge in [-0.3, -0.25) is 4.79 Å². The fourth-order valence-electron chi connectivity index (χ4n) is 2.83. The molecule has 2 aromatic carbocycles. The molecule has 0 aliphatic heterocycles. The quantitative estimate of drug-likeness (QED) is 0.651. The summed E-state index contributed by atoms with van der Waals surface area (Å²) in [5, 5.41) is 10.1. The number of furan rings is 1. The molecule has 0 atom stereocenters. The van der Waals surface area contributed by atoms with E-state index in [-0.39, 0.29) is 18.1 Å². The van der Waals surface area contributed by atoms with E-state index in [2.05, 4.69) is 0 Å². The Morgan fingerprint density at radius 3 is 2.48 bits per heavy atom. The normalized spacial score (nSPS) is 10.6. The minimum atomic E-state index is -0.0428. The number of nitrogens with zero attached hydrogens (tertiary/aromatic N) is 1. The van der Waals surface area contributed by atoms with Crippen molar-refractivity contribution in [1.29, 1.82) is 0 Å². The fraction of sp³-hybridized carbons (Fsp3) is 0.227. The number of phenolic OH excluding ortho intramolecular Hbond substituents is 1. The lowest BCUT2D eigenvalue weighted by atomic mass is 10.1. The molecule has 0 bridgehead atoms. The third-order valence-electron chi connectivity index (χ3n) is 4.22. The first-order valence-corrected chi connectivity index (χ1v) is 8.94. The number of benzene rings is 2. The molecule has 5 nitrogen and oxygen atoms in total. The Bertz CT molecular complexity index is 856. The average Bonchev–Trinajstić information content (AvgIpc) is 3.18. The minimum Gasteiger partial charge on any atom is -0.508 e. The standard InChI is InChI=1S/C22H23NO4/c1-2-26-19-11-9-17(10-12-19)14-22(25)23(16-20-7-5-13-27-20)15-18-6-3-4-8-21(18)24/h3-13,24H,2,14-16H2,1H3. The van der Waals surface area contributed by atoms with Crippen molar-refractivity contribution in [2.45, 2.75) is 26.4 Å². The summed E-state index contributed by atoms with van der Waals surface area (Å²) in [4.78, 5) is 14.6. The lowest BCUT2D eigenvalue weighted by molar-refractivity contribution is -0.132. The van der Waals surface area contributed by atoms with Gasteiger partial charge in [0.15, 0.2) is 0 Å². The molecule has 3 rings (SSSR count). The van der Waals surface area contributed by atoms with E-state index in [0.29, 0.717) is 31.0 Å². The third-order valence-corrected chi connectivity index (χ3v) is 4.22. The Morgan fingerprint density at radius 2 is 1.81 bits per heavy atom. The SMILES string of the molecule is CCOc1ccc(CC(=O)N(Cc2ccco2)Cc2ccccc2O)cc1. The number of aromatic hydroxyl groups is 1. The molecule has 0 radical (unpaired) electrons. The van der Waals surface area contributed by atoms with Gasteiger partial charge >= 0.3 is 0 Å². The molecule has 0 unspecified atom stereocenters. The topological polar surface area (TPSA) is 62.9 Å². The lowest BCUT2D eigenvalue weighted by Crippen LogP contribution is -2.31. The van der Waals surface area contributed by atoms with Crippen LogP contribution in [-0.4, -0.2) is 22.5 Å². The van der Waals surface area contributed by atoms with Crippen molar-refractivity contribution in [2.75, 3.05) is 6.61 Å². The van der Waals surface area contributed by atoms with Crippen LogP contribution in [-0.2, 0) is 24.3 Å². The van der Waals surface area contributed by atoms with Crippen molar-refractivity contribution < 1.29 is 19.1 Å². The van der Waals surface area contributed by atoms with Crippen LogP contribution in [0.4, 0.5) is 0 Å². The van der Waals surface area contributed by atoms with Gasteiger partial charge in [0.25, 0.3) is 0 Å². The van der Waals surface area contributed by atoms with Crippen LogP contribution in [0.5, 0.6) is 11.5 Å². The lowest BCUT2D eigenvalue weighted by Gasteiger charge is -2.22. The highest BCUT2D eigenvalue weighted by atomic mass is 16.5. The molecule has 1 N–H and O–H groups in total. The van der Waals surface area contributed by atoms with Crippen LogP contribution in [0.15, 0.2) is 71.3 Å². The second kappa shape index (κ2) is 8.94. The number of amides is 1. The van der Waals surface area contributed by atoms with Crippen molar-refractivity contribution >= 4 is 5.91 Å². The highest BCUT2D eigenvalue weighted by molar-refractivity contribution is 5.78. The number of hydrogen-bond donors (Lipinski definition) is 1. The van der Waals surface area contributed by atoms with Crippen LogP contribution in [0.3, 0.4) is 0 Å². The average molecular weight is 365 g/mol. The summed E-state index contributed by atoms with van der Waals surface area (Å²) in [5.74, 6) is 1.62. The molecule has 0 aliphatic carbocycles. The summed E-state index contributed by atoms with van der Waals surface area (Å²) in [6.45, 7) is 3.19. The summed E-state index contributed by atoms with van der Waals surface area (Å²) in [6, 6.07) is 18.2. The largest absolute Gasteiger partial charge is 0.508 e. The molecule has 140 valence electrons. The second-order valence-corrected chi connectivity index (χ2v) is 6.21. The van der Waals surface area contributed by atoms with E-state index in [0.717, 1.165) is 11.3 Å². The summed E-state index contributed by atoms with van der Waals surface area (Å²) in [7, 11) is 0. The van der Waals surface area contributed by atoms with Gasteiger partial charge < -0.3 is 19.2 Å². The zero-order chi connectivity index (χ0) is 19.1. The van der Waals surface area contributed by atoms with E-state index in [1.807, 2.05) is 49.4 Å². The van der Waals surface area contributed by atoms with Gasteiger partial charge in [0.05, 0.1) is 25.8 Å². The van der Waals surface area contributed by atoms with E-state index in [4.69, 9.17) is 9.15 Å². The first-order chi connectivity index (χ1) is 13.2. The Morgan fingerprint density at radius 1 is 1.04 bits per heavy atom. The van der Waals surface area contributed by atoms with Crippen LogP contribution in [0, 0.1) is 0 Å². The molecule has 1 aromatic heterocycles. The molecule has 1 heterocycles. The van der Waals surface area contributed by atoms with Gasteiger partial charge in [-0.05, 0) is 42.8 Å². The Kier molecular flexibility index (Phi) is 6.15. The number of hydrogen-bond acceptors (Lipinski definition) is 4. The maximum absolute atomic E-state index is 12.9. The first-order valence-electron chi connectivity index (χ1n) is 8.94. The van der Waals surface area contributed by atoms with E-state index >= 15 is 0 Å². The van der Waals surface area contributed by atoms with Gasteiger partial charge in [-0.1, -0.05) is 30.3 Å². The summed E-state index contributed by atoms with van der Waals surface area (Å²) >= 11 is 0. The van der Waals surface area contributed by atoms with E-state index < -0.39 is 0 Å². The Hall–Kier alpha value is -3.21. The highest BCUT2D eigenvalue weighted by Crippen LogP contribution is 2.20. The Labute approximate surface area is 158 Å². The molecule has 0 spiro atoms. The molecule has 0 fully saturated rings. The zero-order valence-electron chi connectivity index (χ0n) is 15.3. The van der Waals surface area contributed by atoms with Gasteiger partial charge in [0.1, 0.15) is 17.3 Å². The molecule has 0 aliphatic rings. The van der Waals surface area contributed by atoms with E-state index in [1.54, 1.807) is 29.4 Å². The molecule has 3 aromatic rings. The number of rotatable bonds is 8. The molecule has 0 saturated carbocycles. The Balaban J connectivity index is 1.74. The van der Waals surface area contributed by atoms with Gasteiger partial charge in [0.2, 0.25) is 5.91 Å². The van der Waals surface area contributed by atoms with Crippen molar-refractivity contribution in [3.8, 4) is 11.5 Å². The summed E-state index contributed by atoms with van der Waals surface area (Å²) in [6.07, 6.45) is 1.85. The molecule has 27 heavy (non-hydrogen) atoms. The van der Waals surface area contributed by atoms with Crippen LogP contribution >= 0.6 is 0 Å². The highest BCUT2D eigenvalue weighted by Gasteiger charge is 2.18. The second-order valence-electron chi connectivity index (χ2n) is 6.21. The summed E-state index contributed by atoms with van der Waals surface area (Å²) < 4.78 is 10.8. The maximum atomic E-state index is 12.9. The van der Waals surface area contributed by atoms with Crippen molar-refractivity contribution in [2.24, 2.45) is 0 Å². The smallest absolute Gasteiger partial charge is 0.227 e. The van der Waals surface area contributed by atoms with Gasteiger partial charge in [-0.15, -0.1) is 0 Å². The van der Waals surface area contributed by atoms with E-state index in [9.17, 15) is 9.90 Å². The maximum Gasteiger partial charge on any atom is 0.227 e.